The number of aliphatic carboxylic acids is 1. The first-order valence-electron chi connectivity index (χ1n) is 6.45. The predicted octanol–water partition coefficient (Wildman–Crippen LogP) is 2.08. The van der Waals surface area contributed by atoms with Crippen LogP contribution in [-0.2, 0) is 4.79 Å². The molecule has 0 fully saturated rings. The highest BCUT2D eigenvalue weighted by molar-refractivity contribution is 5.66. The highest BCUT2D eigenvalue weighted by Crippen LogP contribution is 2.15. The van der Waals surface area contributed by atoms with E-state index < -0.39 is 10.9 Å². The van der Waals surface area contributed by atoms with Gasteiger partial charge < -0.3 is 10.4 Å². The van der Waals surface area contributed by atoms with Gasteiger partial charge in [-0.3, -0.25) is 14.9 Å². The molecule has 1 unspecified atom stereocenters. The Hall–Kier alpha value is -2.25. The SMILES string of the molecule is CCC(CCNc1ncc([N+](=O)[O-])cn1)CCC(=O)O. The topological polar surface area (TPSA) is 118 Å². The number of carboxylic acids is 1. The van der Waals surface area contributed by atoms with Gasteiger partial charge in [-0.05, 0) is 18.8 Å². The molecule has 2 N–H and O–H groups in total. The van der Waals surface area contributed by atoms with Gasteiger partial charge in [-0.15, -0.1) is 0 Å². The molecule has 0 aromatic carbocycles. The van der Waals surface area contributed by atoms with Gasteiger partial charge in [-0.1, -0.05) is 13.3 Å². The summed E-state index contributed by atoms with van der Waals surface area (Å²) < 4.78 is 0. The van der Waals surface area contributed by atoms with Crippen molar-refractivity contribution in [2.45, 2.75) is 32.6 Å². The first-order valence-corrected chi connectivity index (χ1v) is 6.45. The number of nitrogens with one attached hydrogen (secondary N) is 1. The van der Waals surface area contributed by atoms with Crippen LogP contribution in [0.5, 0.6) is 0 Å². The highest BCUT2D eigenvalue weighted by Gasteiger charge is 2.10. The molecular formula is C12H18N4O4. The molecular weight excluding hydrogens is 264 g/mol. The normalized spacial score (nSPS) is 11.8. The maximum Gasteiger partial charge on any atom is 0.305 e. The molecule has 0 aliphatic carbocycles. The number of nitrogens with zero attached hydrogens (tertiary/aromatic N) is 3. The number of carboxylic acid groups (broad SMARTS) is 1. The van der Waals surface area contributed by atoms with Crippen molar-refractivity contribution in [1.29, 1.82) is 0 Å². The van der Waals surface area contributed by atoms with Crippen LogP contribution < -0.4 is 5.32 Å². The smallest absolute Gasteiger partial charge is 0.305 e. The molecule has 1 heterocycles. The minimum atomic E-state index is -0.782. The molecule has 1 aromatic heterocycles. The largest absolute Gasteiger partial charge is 0.481 e. The monoisotopic (exact) mass is 282 g/mol. The fourth-order valence-corrected chi connectivity index (χ4v) is 1.78. The summed E-state index contributed by atoms with van der Waals surface area (Å²) in [5.41, 5.74) is -0.150. The van der Waals surface area contributed by atoms with Crippen LogP contribution in [0.3, 0.4) is 0 Å². The van der Waals surface area contributed by atoms with Crippen LogP contribution in [0.25, 0.3) is 0 Å². The number of rotatable bonds is 9. The maximum atomic E-state index is 10.5. The Bertz CT molecular complexity index is 449. The lowest BCUT2D eigenvalue weighted by atomic mass is 9.97. The van der Waals surface area contributed by atoms with Gasteiger partial charge in [0.15, 0.2) is 0 Å². The van der Waals surface area contributed by atoms with Crippen molar-refractivity contribution in [2.75, 3.05) is 11.9 Å². The van der Waals surface area contributed by atoms with Crippen molar-refractivity contribution >= 4 is 17.6 Å². The minimum Gasteiger partial charge on any atom is -0.481 e. The Morgan fingerprint density at radius 2 is 2.10 bits per heavy atom. The lowest BCUT2D eigenvalue weighted by Gasteiger charge is -2.13. The van der Waals surface area contributed by atoms with E-state index in [2.05, 4.69) is 15.3 Å². The molecule has 1 rings (SSSR count). The number of nitro groups is 1. The molecule has 1 aromatic rings. The first kappa shape index (κ1) is 15.8. The van der Waals surface area contributed by atoms with Gasteiger partial charge in [0.25, 0.3) is 0 Å². The maximum absolute atomic E-state index is 10.5. The van der Waals surface area contributed by atoms with Gasteiger partial charge in [0.1, 0.15) is 12.4 Å². The highest BCUT2D eigenvalue weighted by atomic mass is 16.6. The predicted molar refractivity (Wildman–Crippen MR) is 72.4 cm³/mol. The fourth-order valence-electron chi connectivity index (χ4n) is 1.78. The number of hydrogen-bond acceptors (Lipinski definition) is 6. The number of aromatic nitrogens is 2. The molecule has 8 nitrogen and oxygen atoms in total. The van der Waals surface area contributed by atoms with Crippen molar-refractivity contribution in [3.05, 3.63) is 22.5 Å². The summed E-state index contributed by atoms with van der Waals surface area (Å²) in [6.45, 7) is 2.63. The summed E-state index contributed by atoms with van der Waals surface area (Å²) in [5.74, 6) is -0.115. The Morgan fingerprint density at radius 3 is 2.60 bits per heavy atom. The van der Waals surface area contributed by atoms with Crippen LogP contribution in [0.1, 0.15) is 32.6 Å². The molecule has 0 saturated heterocycles. The van der Waals surface area contributed by atoms with Crippen molar-refractivity contribution in [3.63, 3.8) is 0 Å². The number of hydrogen-bond donors (Lipinski definition) is 2. The fraction of sp³-hybridized carbons (Fsp3) is 0.583. The van der Waals surface area contributed by atoms with Crippen LogP contribution in [0.4, 0.5) is 11.6 Å². The molecule has 110 valence electrons. The van der Waals surface area contributed by atoms with E-state index in [1.165, 1.54) is 0 Å². The second-order valence-electron chi connectivity index (χ2n) is 4.44. The summed E-state index contributed by atoms with van der Waals surface area (Å²) in [5, 5.41) is 22.1. The number of carbonyl (C=O) groups is 1. The van der Waals surface area contributed by atoms with Crippen LogP contribution in [0.15, 0.2) is 12.4 Å². The second-order valence-corrected chi connectivity index (χ2v) is 4.44. The van der Waals surface area contributed by atoms with E-state index in [-0.39, 0.29) is 12.1 Å². The lowest BCUT2D eigenvalue weighted by molar-refractivity contribution is -0.385. The standard InChI is InChI=1S/C12H18N4O4/c1-2-9(3-4-11(17)18)5-6-13-12-14-7-10(8-15-12)16(19)20/h7-9H,2-6H2,1H3,(H,17,18)(H,13,14,15). The van der Waals surface area contributed by atoms with E-state index in [0.29, 0.717) is 24.8 Å². The van der Waals surface area contributed by atoms with E-state index in [1.807, 2.05) is 6.92 Å². The Labute approximate surface area is 116 Å². The average molecular weight is 282 g/mol. The molecule has 0 saturated carbocycles. The minimum absolute atomic E-state index is 0.150. The molecule has 1 atom stereocenters. The van der Waals surface area contributed by atoms with E-state index in [4.69, 9.17) is 5.11 Å². The van der Waals surface area contributed by atoms with Crippen molar-refractivity contribution in [1.82, 2.24) is 9.97 Å². The van der Waals surface area contributed by atoms with Crippen molar-refractivity contribution in [3.8, 4) is 0 Å². The third kappa shape index (κ3) is 5.59. The zero-order valence-electron chi connectivity index (χ0n) is 11.3. The van der Waals surface area contributed by atoms with E-state index in [9.17, 15) is 14.9 Å². The summed E-state index contributed by atoms with van der Waals surface area (Å²) in [7, 11) is 0. The molecule has 0 aliphatic rings. The van der Waals surface area contributed by atoms with Crippen LogP contribution >= 0.6 is 0 Å². The van der Waals surface area contributed by atoms with Gasteiger partial charge in [0, 0.05) is 13.0 Å². The average Bonchev–Trinajstić information content (AvgIpc) is 2.42. The summed E-state index contributed by atoms with van der Waals surface area (Å²) >= 11 is 0. The lowest BCUT2D eigenvalue weighted by Crippen LogP contribution is -2.11. The van der Waals surface area contributed by atoms with Crippen LogP contribution in [0, 0.1) is 16.0 Å². The van der Waals surface area contributed by atoms with E-state index in [0.717, 1.165) is 25.2 Å². The molecule has 0 spiro atoms. The van der Waals surface area contributed by atoms with Gasteiger partial charge in [0.2, 0.25) is 5.95 Å². The molecule has 0 aliphatic heterocycles. The van der Waals surface area contributed by atoms with E-state index in [1.54, 1.807) is 0 Å². The van der Waals surface area contributed by atoms with Crippen molar-refractivity contribution in [2.24, 2.45) is 5.92 Å². The second kappa shape index (κ2) is 8.03. The Balaban J connectivity index is 2.35. The van der Waals surface area contributed by atoms with Crippen LogP contribution in [-0.4, -0.2) is 32.5 Å². The van der Waals surface area contributed by atoms with Gasteiger partial charge >= 0.3 is 11.7 Å². The van der Waals surface area contributed by atoms with Crippen LogP contribution in [0.2, 0.25) is 0 Å². The van der Waals surface area contributed by atoms with E-state index >= 15 is 0 Å². The third-order valence-corrected chi connectivity index (χ3v) is 3.03. The zero-order chi connectivity index (χ0) is 15.0. The molecule has 0 bridgehead atoms. The summed E-state index contributed by atoms with van der Waals surface area (Å²) in [6, 6.07) is 0. The zero-order valence-corrected chi connectivity index (χ0v) is 11.3. The quantitative estimate of drug-likeness (QED) is 0.525. The molecule has 20 heavy (non-hydrogen) atoms. The summed E-state index contributed by atoms with van der Waals surface area (Å²) in [6.07, 6.45) is 4.84. The van der Waals surface area contributed by atoms with Gasteiger partial charge in [-0.2, -0.15) is 0 Å². The third-order valence-electron chi connectivity index (χ3n) is 3.03. The first-order chi connectivity index (χ1) is 9.52. The Morgan fingerprint density at radius 1 is 1.45 bits per heavy atom. The summed E-state index contributed by atoms with van der Waals surface area (Å²) in [4.78, 5) is 28.1. The van der Waals surface area contributed by atoms with Gasteiger partial charge in [-0.25, -0.2) is 9.97 Å². The van der Waals surface area contributed by atoms with Crippen molar-refractivity contribution < 1.29 is 14.8 Å². The number of anilines is 1. The Kier molecular flexibility index (Phi) is 6.34. The molecule has 0 amide bonds. The molecule has 0 radical (unpaired) electrons. The van der Waals surface area contributed by atoms with Gasteiger partial charge in [0.05, 0.1) is 4.92 Å². The molecule has 8 heteroatoms.